The van der Waals surface area contributed by atoms with Gasteiger partial charge in [-0.2, -0.15) is 0 Å². The molecule has 0 aromatic heterocycles. The third kappa shape index (κ3) is 17.1. The van der Waals surface area contributed by atoms with Gasteiger partial charge in [0.25, 0.3) is 0 Å². The number of carbonyl (C=O) groups is 5. The number of aromatic hydroxyl groups is 1. The summed E-state index contributed by atoms with van der Waals surface area (Å²) in [5, 5.41) is 22.4. The Balaban J connectivity index is 1.99. The highest BCUT2D eigenvalue weighted by Gasteiger charge is 2.37. The molecule has 2 aromatic rings. The minimum absolute atomic E-state index is 0.0501. The van der Waals surface area contributed by atoms with Gasteiger partial charge < -0.3 is 47.5 Å². The third-order valence-corrected chi connectivity index (χ3v) is 12.5. The Labute approximate surface area is 373 Å². The number of carbonyl (C=O) groups excluding carboxylic acids is 5. The van der Waals surface area contributed by atoms with E-state index in [0.717, 1.165) is 24.2 Å². The number of rotatable bonds is 26. The standard InChI is InChI=1S/C45H72N8O9S/c1-6-7-8-9-10-11-12-15-23-48-24-26-63(60,61)52-37(16-13-14-21-46)45(59)53(5)41-34-18-20-40(62-25-22-47)36(29-34)35-27-33(17-19-39(35)55)28-38(43(57)49-30(2)32(4)54)51-42(56)31(3)50-44(41)58/h17-20,27,29-31,37-38,41,48,52,55H,6-16,21-26,28,46-47H2,1-5H3,(H,49,57)(H,50,58)(H,51,56). The van der Waals surface area contributed by atoms with Gasteiger partial charge in [0.2, 0.25) is 33.7 Å². The molecule has 4 amide bonds. The number of amides is 4. The highest BCUT2D eigenvalue weighted by molar-refractivity contribution is 7.89. The van der Waals surface area contributed by atoms with E-state index in [0.29, 0.717) is 42.8 Å². The SMILES string of the molecule is CCCCCCCCCCNCCS(=O)(=O)NC(CCCCN)C(=O)N(C)C1C(=O)NC(C)C(=O)NC(C(=O)NC(C)C(C)=O)Cc2ccc(O)c(c2)-c2cc1ccc2OCCN. The maximum Gasteiger partial charge on any atom is 0.248 e. The van der Waals surface area contributed by atoms with E-state index in [1.807, 2.05) is 0 Å². The Kier molecular flexibility index (Phi) is 22.5. The lowest BCUT2D eigenvalue weighted by atomic mass is 9.93. The number of ketones is 1. The second-order valence-corrected chi connectivity index (χ2v) is 18.3. The van der Waals surface area contributed by atoms with Crippen molar-refractivity contribution in [2.24, 2.45) is 11.5 Å². The van der Waals surface area contributed by atoms with Crippen molar-refractivity contribution in [1.82, 2.24) is 30.9 Å². The first-order valence-electron chi connectivity index (χ1n) is 22.4. The molecule has 0 saturated carbocycles. The number of phenolic OH excluding ortho intramolecular Hbond substituents is 1. The molecule has 0 fully saturated rings. The van der Waals surface area contributed by atoms with Gasteiger partial charge in [0.1, 0.15) is 42.3 Å². The van der Waals surface area contributed by atoms with Crippen molar-refractivity contribution in [3.63, 3.8) is 0 Å². The lowest BCUT2D eigenvalue weighted by Gasteiger charge is -2.32. The average Bonchev–Trinajstić information content (AvgIpc) is 3.24. The Morgan fingerprint density at radius 3 is 2.27 bits per heavy atom. The fourth-order valence-corrected chi connectivity index (χ4v) is 8.49. The van der Waals surface area contributed by atoms with Crippen LogP contribution in [0.3, 0.4) is 0 Å². The van der Waals surface area contributed by atoms with Crippen molar-refractivity contribution in [2.45, 2.75) is 135 Å². The van der Waals surface area contributed by atoms with Crippen molar-refractivity contribution in [1.29, 1.82) is 0 Å². The molecule has 352 valence electrons. The number of hydrogen-bond acceptors (Lipinski definition) is 12. The topological polar surface area (TPSA) is 264 Å². The minimum Gasteiger partial charge on any atom is -0.507 e. The second kappa shape index (κ2) is 26.9. The molecular weight excluding hydrogens is 829 g/mol. The van der Waals surface area contributed by atoms with Gasteiger partial charge in [-0.25, -0.2) is 13.1 Å². The molecule has 5 unspecified atom stereocenters. The molecule has 17 nitrogen and oxygen atoms in total. The van der Waals surface area contributed by atoms with Crippen LogP contribution in [0.15, 0.2) is 36.4 Å². The molecule has 5 atom stereocenters. The van der Waals surface area contributed by atoms with Crippen LogP contribution in [0.1, 0.15) is 115 Å². The van der Waals surface area contributed by atoms with Crippen LogP contribution in [-0.2, 0) is 40.4 Å². The quantitative estimate of drug-likeness (QED) is 0.0634. The third-order valence-electron chi connectivity index (χ3n) is 11.1. The summed E-state index contributed by atoms with van der Waals surface area (Å²) < 4.78 is 35.5. The lowest BCUT2D eigenvalue weighted by molar-refractivity contribution is -0.141. The predicted molar refractivity (Wildman–Crippen MR) is 244 cm³/mol. The summed E-state index contributed by atoms with van der Waals surface area (Å²) >= 11 is 0. The summed E-state index contributed by atoms with van der Waals surface area (Å²) in [6, 6.07) is 3.39. The normalized spacial score (nSPS) is 17.7. The molecule has 1 aliphatic heterocycles. The maximum absolute atomic E-state index is 14.5. The summed E-state index contributed by atoms with van der Waals surface area (Å²) in [5.74, 6) is -3.30. The first-order valence-corrected chi connectivity index (χ1v) is 24.1. The molecule has 18 heteroatoms. The Hall–Kier alpha value is -4.62. The van der Waals surface area contributed by atoms with E-state index in [1.54, 1.807) is 30.3 Å². The summed E-state index contributed by atoms with van der Waals surface area (Å²) in [5.41, 5.74) is 12.9. The van der Waals surface area contributed by atoms with Gasteiger partial charge in [0, 0.05) is 37.7 Å². The fourth-order valence-electron chi connectivity index (χ4n) is 7.30. The number of sulfonamides is 1. The van der Waals surface area contributed by atoms with Gasteiger partial charge in [-0.1, -0.05) is 70.4 Å². The molecule has 0 aliphatic carbocycles. The maximum atomic E-state index is 14.5. The first kappa shape index (κ1) is 52.7. The number of likely N-dealkylation sites (N-methyl/N-ethyl adjacent to an activating group) is 1. The highest BCUT2D eigenvalue weighted by Crippen LogP contribution is 2.39. The number of nitrogens with two attached hydrogens (primary N) is 2. The predicted octanol–water partition coefficient (Wildman–Crippen LogP) is 2.68. The van der Waals surface area contributed by atoms with E-state index in [1.165, 1.54) is 66.0 Å². The Morgan fingerprint density at radius 2 is 1.60 bits per heavy atom. The number of nitrogens with zero attached hydrogens (tertiary/aromatic N) is 1. The van der Waals surface area contributed by atoms with E-state index in [4.69, 9.17) is 16.2 Å². The zero-order valence-electron chi connectivity index (χ0n) is 37.8. The van der Waals surface area contributed by atoms with Crippen molar-refractivity contribution < 1.29 is 42.2 Å². The molecule has 1 heterocycles. The molecule has 4 bridgehead atoms. The Morgan fingerprint density at radius 1 is 0.905 bits per heavy atom. The molecule has 63 heavy (non-hydrogen) atoms. The van der Waals surface area contributed by atoms with Crippen LogP contribution in [0.4, 0.5) is 0 Å². The van der Waals surface area contributed by atoms with E-state index in [2.05, 4.69) is 32.9 Å². The minimum atomic E-state index is -3.99. The largest absolute Gasteiger partial charge is 0.507 e. The number of ether oxygens (including phenoxy) is 1. The summed E-state index contributed by atoms with van der Waals surface area (Å²) in [4.78, 5) is 69.4. The average molecular weight is 901 g/mol. The van der Waals surface area contributed by atoms with E-state index >= 15 is 0 Å². The zero-order chi connectivity index (χ0) is 46.5. The van der Waals surface area contributed by atoms with E-state index < -0.39 is 63.9 Å². The van der Waals surface area contributed by atoms with Gasteiger partial charge in [-0.15, -0.1) is 0 Å². The molecule has 0 radical (unpaired) electrons. The molecule has 0 spiro atoms. The highest BCUT2D eigenvalue weighted by atomic mass is 32.2. The van der Waals surface area contributed by atoms with Crippen LogP contribution < -0.4 is 42.2 Å². The number of fused-ring (bicyclic) bond motifs is 5. The van der Waals surface area contributed by atoms with Crippen molar-refractivity contribution in [3.8, 4) is 22.6 Å². The fraction of sp³-hybridized carbons (Fsp3) is 0.622. The van der Waals surface area contributed by atoms with Crippen LogP contribution in [0.5, 0.6) is 11.5 Å². The molecule has 3 rings (SSSR count). The molecule has 1 aliphatic rings. The van der Waals surface area contributed by atoms with Gasteiger partial charge in [0.15, 0.2) is 5.78 Å². The summed E-state index contributed by atoms with van der Waals surface area (Å²) in [7, 11) is -2.61. The van der Waals surface area contributed by atoms with Crippen molar-refractivity contribution in [2.75, 3.05) is 45.6 Å². The molecule has 0 saturated heterocycles. The number of hydrogen-bond donors (Lipinski definition) is 8. The molecular formula is C45H72N8O9S. The van der Waals surface area contributed by atoms with Crippen LogP contribution in [-0.4, -0.2) is 118 Å². The van der Waals surface area contributed by atoms with Crippen molar-refractivity contribution >= 4 is 39.4 Å². The first-order chi connectivity index (χ1) is 30.0. The molecule has 2 aromatic carbocycles. The summed E-state index contributed by atoms with van der Waals surface area (Å²) in [6.07, 6.45) is 10.3. The van der Waals surface area contributed by atoms with Gasteiger partial charge >= 0.3 is 0 Å². The second-order valence-electron chi connectivity index (χ2n) is 16.4. The van der Waals surface area contributed by atoms with Crippen LogP contribution in [0.2, 0.25) is 0 Å². The number of Topliss-reactive ketones (excluding diaryl/α,β-unsaturated/α-hetero) is 1. The Bertz CT molecular complexity index is 1930. The van der Waals surface area contributed by atoms with Gasteiger partial charge in [0.05, 0.1) is 11.8 Å². The summed E-state index contributed by atoms with van der Waals surface area (Å²) in [6.45, 7) is 7.91. The zero-order valence-corrected chi connectivity index (χ0v) is 38.6. The van der Waals surface area contributed by atoms with Crippen LogP contribution >= 0.6 is 0 Å². The van der Waals surface area contributed by atoms with Crippen LogP contribution in [0.25, 0.3) is 11.1 Å². The van der Waals surface area contributed by atoms with E-state index in [-0.39, 0.29) is 61.0 Å². The lowest BCUT2D eigenvalue weighted by Crippen LogP contribution is -2.56. The number of phenols is 1. The van der Waals surface area contributed by atoms with Gasteiger partial charge in [-0.3, -0.25) is 24.0 Å². The smallest absolute Gasteiger partial charge is 0.248 e. The monoisotopic (exact) mass is 901 g/mol. The van der Waals surface area contributed by atoms with Crippen LogP contribution in [0, 0.1) is 0 Å². The number of unbranched alkanes of at least 4 members (excludes halogenated alkanes) is 8. The number of benzene rings is 2. The molecule has 10 N–H and O–H groups in total. The van der Waals surface area contributed by atoms with Gasteiger partial charge in [-0.05, 0) is 88.5 Å². The van der Waals surface area contributed by atoms with E-state index in [9.17, 15) is 37.5 Å². The van der Waals surface area contributed by atoms with Crippen molar-refractivity contribution in [3.05, 3.63) is 47.5 Å². The number of nitrogens with one attached hydrogen (secondary N) is 5.